The molecule has 0 saturated carbocycles. The van der Waals surface area contributed by atoms with E-state index in [0.717, 1.165) is 5.69 Å². The summed E-state index contributed by atoms with van der Waals surface area (Å²) in [6, 6.07) is 3.62. The first-order valence-corrected chi connectivity index (χ1v) is 6.67. The lowest BCUT2D eigenvalue weighted by atomic mass is 10.1. The summed E-state index contributed by atoms with van der Waals surface area (Å²) in [5.41, 5.74) is 6.80. The van der Waals surface area contributed by atoms with Crippen LogP contribution < -0.4 is 11.1 Å². The van der Waals surface area contributed by atoms with Crippen LogP contribution in [-0.2, 0) is 0 Å². The van der Waals surface area contributed by atoms with Gasteiger partial charge in [-0.3, -0.25) is 9.78 Å². The Morgan fingerprint density at radius 2 is 2.05 bits per heavy atom. The van der Waals surface area contributed by atoms with E-state index in [9.17, 15) is 4.79 Å². The molecule has 1 heterocycles. The Morgan fingerprint density at radius 1 is 1.42 bits per heavy atom. The van der Waals surface area contributed by atoms with Crippen LogP contribution in [0.2, 0.25) is 0 Å². The van der Waals surface area contributed by atoms with E-state index in [1.54, 1.807) is 17.2 Å². The fourth-order valence-electron chi connectivity index (χ4n) is 1.74. The minimum Gasteiger partial charge on any atom is -0.379 e. The molecule has 0 atom stereocenters. The van der Waals surface area contributed by atoms with E-state index in [-0.39, 0.29) is 11.4 Å². The van der Waals surface area contributed by atoms with Crippen LogP contribution in [0, 0.1) is 0 Å². The molecule has 1 aromatic heterocycles. The molecule has 1 aromatic rings. The van der Waals surface area contributed by atoms with E-state index < -0.39 is 0 Å². The number of nitrogens with two attached hydrogens (primary N) is 1. The lowest BCUT2D eigenvalue weighted by molar-refractivity contribution is 0.0767. The molecule has 0 unspecified atom stereocenters. The Kier molecular flexibility index (Phi) is 5.30. The van der Waals surface area contributed by atoms with Gasteiger partial charge in [-0.25, -0.2) is 0 Å². The lowest BCUT2D eigenvalue weighted by Gasteiger charge is -2.26. The van der Waals surface area contributed by atoms with E-state index in [1.807, 2.05) is 33.8 Å². The van der Waals surface area contributed by atoms with Gasteiger partial charge < -0.3 is 16.0 Å². The van der Waals surface area contributed by atoms with Gasteiger partial charge in [-0.2, -0.15) is 0 Å². The van der Waals surface area contributed by atoms with Gasteiger partial charge in [-0.05, 0) is 39.8 Å². The fraction of sp³-hybridized carbons (Fsp3) is 0.571. The highest BCUT2D eigenvalue weighted by molar-refractivity contribution is 5.93. The zero-order valence-corrected chi connectivity index (χ0v) is 12.2. The van der Waals surface area contributed by atoms with Gasteiger partial charge in [0, 0.05) is 37.1 Å². The lowest BCUT2D eigenvalue weighted by Crippen LogP contribution is -2.39. The van der Waals surface area contributed by atoms with Gasteiger partial charge >= 0.3 is 0 Å². The third kappa shape index (κ3) is 4.21. The molecule has 0 aliphatic carbocycles. The monoisotopic (exact) mass is 264 g/mol. The molecule has 0 aromatic carbocycles. The summed E-state index contributed by atoms with van der Waals surface area (Å²) in [5.74, 6) is -0.0424. The first kappa shape index (κ1) is 15.4. The summed E-state index contributed by atoms with van der Waals surface area (Å²) in [5, 5.41) is 3.30. The number of pyridine rings is 1. The maximum absolute atomic E-state index is 12.2. The van der Waals surface area contributed by atoms with Crippen molar-refractivity contribution < 1.29 is 4.79 Å². The predicted molar refractivity (Wildman–Crippen MR) is 78.2 cm³/mol. The summed E-state index contributed by atoms with van der Waals surface area (Å²) in [6.45, 7) is 9.82. The van der Waals surface area contributed by atoms with Crippen molar-refractivity contribution in [2.24, 2.45) is 5.73 Å². The van der Waals surface area contributed by atoms with Crippen molar-refractivity contribution in [2.45, 2.75) is 33.2 Å². The third-order valence-corrected chi connectivity index (χ3v) is 3.02. The second-order valence-corrected chi connectivity index (χ2v) is 5.12. The van der Waals surface area contributed by atoms with Gasteiger partial charge in [0.05, 0.1) is 0 Å². The average Bonchev–Trinajstić information content (AvgIpc) is 2.40. The number of carbonyl (C=O) groups is 1. The van der Waals surface area contributed by atoms with E-state index in [4.69, 9.17) is 5.73 Å². The topological polar surface area (TPSA) is 71.2 Å². The van der Waals surface area contributed by atoms with Gasteiger partial charge in [-0.1, -0.05) is 0 Å². The first-order chi connectivity index (χ1) is 8.93. The van der Waals surface area contributed by atoms with E-state index in [2.05, 4.69) is 10.3 Å². The van der Waals surface area contributed by atoms with Crippen molar-refractivity contribution in [3.63, 3.8) is 0 Å². The quantitative estimate of drug-likeness (QED) is 0.820. The number of aromatic nitrogens is 1. The molecule has 1 rings (SSSR count). The summed E-state index contributed by atoms with van der Waals surface area (Å²) >= 11 is 0. The molecule has 19 heavy (non-hydrogen) atoms. The third-order valence-electron chi connectivity index (χ3n) is 3.02. The Labute approximate surface area is 115 Å². The molecule has 0 fully saturated rings. The van der Waals surface area contributed by atoms with Crippen LogP contribution in [0.5, 0.6) is 0 Å². The zero-order chi connectivity index (χ0) is 14.5. The van der Waals surface area contributed by atoms with E-state index in [0.29, 0.717) is 25.3 Å². The number of anilines is 1. The molecule has 5 nitrogen and oxygen atoms in total. The number of nitrogens with zero attached hydrogens (tertiary/aromatic N) is 2. The molecule has 3 N–H and O–H groups in total. The van der Waals surface area contributed by atoms with Crippen molar-refractivity contribution >= 4 is 11.6 Å². The van der Waals surface area contributed by atoms with Crippen molar-refractivity contribution in [1.29, 1.82) is 0 Å². The molecule has 0 spiro atoms. The van der Waals surface area contributed by atoms with Crippen molar-refractivity contribution in [3.05, 3.63) is 24.0 Å². The Hall–Kier alpha value is -1.62. The van der Waals surface area contributed by atoms with Crippen molar-refractivity contribution in [2.75, 3.05) is 25.0 Å². The second kappa shape index (κ2) is 6.52. The van der Waals surface area contributed by atoms with E-state index in [1.165, 1.54) is 0 Å². The fourth-order valence-corrected chi connectivity index (χ4v) is 1.74. The molecule has 0 radical (unpaired) electrons. The largest absolute Gasteiger partial charge is 0.379 e. The molecular formula is C14H24N4O. The van der Waals surface area contributed by atoms with E-state index >= 15 is 0 Å². The summed E-state index contributed by atoms with van der Waals surface area (Å²) in [4.78, 5) is 18.1. The molecule has 5 heteroatoms. The van der Waals surface area contributed by atoms with Gasteiger partial charge in [0.1, 0.15) is 5.69 Å². The minimum atomic E-state index is -0.211. The normalized spacial score (nSPS) is 11.2. The Morgan fingerprint density at radius 3 is 2.58 bits per heavy atom. The van der Waals surface area contributed by atoms with Crippen LogP contribution in [0.3, 0.4) is 0 Å². The number of nitrogens with one attached hydrogen (secondary N) is 1. The highest BCUT2D eigenvalue weighted by atomic mass is 16.2. The Bertz CT molecular complexity index is 427. The Balaban J connectivity index is 2.91. The maximum Gasteiger partial charge on any atom is 0.272 e. The molecule has 0 saturated heterocycles. The number of hydrogen-bond acceptors (Lipinski definition) is 4. The van der Waals surface area contributed by atoms with Crippen LogP contribution in [0.15, 0.2) is 18.3 Å². The maximum atomic E-state index is 12.2. The van der Waals surface area contributed by atoms with Gasteiger partial charge in [0.25, 0.3) is 5.91 Å². The van der Waals surface area contributed by atoms with Crippen LogP contribution >= 0.6 is 0 Å². The highest BCUT2D eigenvalue weighted by Gasteiger charge is 2.17. The van der Waals surface area contributed by atoms with Gasteiger partial charge in [0.15, 0.2) is 0 Å². The SMILES string of the molecule is CCN(CC)C(=O)c1cc(NC(C)(C)CN)ccn1. The van der Waals surface area contributed by atoms with Crippen LogP contribution in [-0.4, -0.2) is 41.0 Å². The molecule has 106 valence electrons. The molecule has 0 aliphatic rings. The van der Waals surface area contributed by atoms with Crippen LogP contribution in [0.4, 0.5) is 5.69 Å². The zero-order valence-electron chi connectivity index (χ0n) is 12.2. The molecular weight excluding hydrogens is 240 g/mol. The summed E-state index contributed by atoms with van der Waals surface area (Å²) < 4.78 is 0. The number of carbonyl (C=O) groups excluding carboxylic acids is 1. The van der Waals surface area contributed by atoms with Crippen molar-refractivity contribution in [1.82, 2.24) is 9.88 Å². The van der Waals surface area contributed by atoms with Crippen LogP contribution in [0.1, 0.15) is 38.2 Å². The van der Waals surface area contributed by atoms with Gasteiger partial charge in [-0.15, -0.1) is 0 Å². The predicted octanol–water partition coefficient (Wildman–Crippen LogP) is 1.71. The second-order valence-electron chi connectivity index (χ2n) is 5.12. The minimum absolute atomic E-state index is 0.0424. The smallest absolute Gasteiger partial charge is 0.272 e. The number of hydrogen-bond donors (Lipinski definition) is 2. The molecule has 0 aliphatic heterocycles. The standard InChI is InChI=1S/C14H24N4O/c1-5-18(6-2)13(19)12-9-11(7-8-16-12)17-14(3,4)10-15/h7-9H,5-6,10,15H2,1-4H3,(H,16,17). The van der Waals surface area contributed by atoms with Crippen LogP contribution in [0.25, 0.3) is 0 Å². The average molecular weight is 264 g/mol. The number of rotatable bonds is 6. The summed E-state index contributed by atoms with van der Waals surface area (Å²) in [7, 11) is 0. The van der Waals surface area contributed by atoms with Gasteiger partial charge in [0.2, 0.25) is 0 Å². The molecule has 0 bridgehead atoms. The summed E-state index contributed by atoms with van der Waals surface area (Å²) in [6.07, 6.45) is 1.64. The first-order valence-electron chi connectivity index (χ1n) is 6.67. The number of amides is 1. The van der Waals surface area contributed by atoms with Crippen molar-refractivity contribution in [3.8, 4) is 0 Å². The molecule has 1 amide bonds. The highest BCUT2D eigenvalue weighted by Crippen LogP contribution is 2.15.